The average Bonchev–Trinajstić information content (AvgIpc) is 3.41. The number of hydrogen-bond acceptors (Lipinski definition) is 7. The molecule has 1 unspecified atom stereocenters. The van der Waals surface area contributed by atoms with Gasteiger partial charge in [-0.3, -0.25) is 5.32 Å². The van der Waals surface area contributed by atoms with Gasteiger partial charge < -0.3 is 9.84 Å². The monoisotopic (exact) mass is 465 g/mol. The van der Waals surface area contributed by atoms with E-state index in [2.05, 4.69) is 15.5 Å². The summed E-state index contributed by atoms with van der Waals surface area (Å²) < 4.78 is 6.16. The van der Waals surface area contributed by atoms with Crippen molar-refractivity contribution in [2.45, 2.75) is 24.5 Å². The molecule has 170 valence electrons. The number of hydrogen-bond donors (Lipinski definition) is 2. The lowest BCUT2D eigenvalue weighted by Gasteiger charge is -2.49. The molecule has 3 aliphatic heterocycles. The van der Waals surface area contributed by atoms with Crippen LogP contribution in [0.5, 0.6) is 0 Å². The maximum atomic E-state index is 13.5. The van der Waals surface area contributed by atoms with Crippen molar-refractivity contribution in [2.24, 2.45) is 5.92 Å². The van der Waals surface area contributed by atoms with Crippen molar-refractivity contribution < 1.29 is 23.9 Å². The van der Waals surface area contributed by atoms with Gasteiger partial charge in [0, 0.05) is 30.5 Å². The fourth-order valence-corrected chi connectivity index (χ4v) is 5.62. The summed E-state index contributed by atoms with van der Waals surface area (Å²) in [5, 5.41) is 25.8. The Balaban J connectivity index is 1.37. The molecule has 5 heterocycles. The molecule has 3 aromatic rings. The van der Waals surface area contributed by atoms with Crippen molar-refractivity contribution in [2.75, 3.05) is 25.0 Å². The van der Waals surface area contributed by atoms with Crippen LogP contribution in [-0.4, -0.2) is 57.5 Å². The predicted molar refractivity (Wildman–Crippen MR) is 122 cm³/mol. The number of amides is 2. The van der Waals surface area contributed by atoms with Gasteiger partial charge in [0.2, 0.25) is 5.60 Å². The summed E-state index contributed by atoms with van der Waals surface area (Å²) in [4.78, 5) is 26.7. The number of rotatable bonds is 5. The van der Waals surface area contributed by atoms with E-state index >= 15 is 0 Å². The molecule has 0 saturated carbocycles. The van der Waals surface area contributed by atoms with Gasteiger partial charge in [-0.15, -0.1) is 5.10 Å². The summed E-state index contributed by atoms with van der Waals surface area (Å²) in [6.45, 7) is 1.73. The van der Waals surface area contributed by atoms with Crippen molar-refractivity contribution in [1.29, 1.82) is 0 Å². The van der Waals surface area contributed by atoms with Gasteiger partial charge >= 0.3 is 12.0 Å². The molecular weight excluding hydrogens is 440 g/mol. The standard InChI is InChI=1S/C24H24N4O4S/c29-22(24(31,19-10-14-33-16-19)18-5-2-1-3-6-18)32-20-15-28(12-8-17(20)9-13-28)23(30)26-21-7-4-11-25-27-21/h1-7,10-11,14,16-17,20,31H,8-9,12-13,15H2/p+1/t17?,20-,24?,28?/m0/s1. The van der Waals surface area contributed by atoms with Gasteiger partial charge in [0.05, 0.1) is 13.1 Å². The highest BCUT2D eigenvalue weighted by molar-refractivity contribution is 7.08. The molecule has 2 aromatic heterocycles. The van der Waals surface area contributed by atoms with Gasteiger partial charge in [-0.05, 0) is 34.5 Å². The molecule has 3 aliphatic rings. The van der Waals surface area contributed by atoms with E-state index in [-0.39, 0.29) is 16.4 Å². The van der Waals surface area contributed by atoms with Crippen molar-refractivity contribution in [1.82, 2.24) is 10.2 Å². The molecule has 9 heteroatoms. The largest absolute Gasteiger partial charge is 0.453 e. The van der Waals surface area contributed by atoms with Gasteiger partial charge in [-0.25, -0.2) is 14.1 Å². The number of fused-ring (bicyclic) bond motifs is 3. The first-order valence-corrected chi connectivity index (χ1v) is 11.9. The summed E-state index contributed by atoms with van der Waals surface area (Å²) in [6, 6.07) is 13.8. The third kappa shape index (κ3) is 3.92. The summed E-state index contributed by atoms with van der Waals surface area (Å²) in [6.07, 6.45) is 2.63. The number of nitrogens with zero attached hydrogens (tertiary/aromatic N) is 3. The number of nitrogens with one attached hydrogen (secondary N) is 1. The highest BCUT2D eigenvalue weighted by Gasteiger charge is 2.54. The number of benzene rings is 1. The number of thiophene rings is 1. The number of esters is 1. The molecule has 2 bridgehead atoms. The Morgan fingerprint density at radius 2 is 1.88 bits per heavy atom. The van der Waals surface area contributed by atoms with Crippen LogP contribution in [0, 0.1) is 5.92 Å². The lowest BCUT2D eigenvalue weighted by atomic mass is 9.83. The lowest BCUT2D eigenvalue weighted by Crippen LogP contribution is -2.68. The number of carbonyl (C=O) groups excluding carboxylic acids is 2. The molecule has 2 N–H and O–H groups in total. The predicted octanol–water partition coefficient (Wildman–Crippen LogP) is 3.16. The molecule has 0 radical (unpaired) electrons. The SMILES string of the molecule is O=C(O[C@H]1C[N+]2(C(=O)Nc3cccnn3)CCC1CC2)C(O)(c1ccccc1)c1ccsc1. The van der Waals surface area contributed by atoms with Crippen LogP contribution in [0.1, 0.15) is 24.0 Å². The maximum Gasteiger partial charge on any atom is 0.422 e. The first-order valence-electron chi connectivity index (χ1n) is 11.0. The zero-order valence-corrected chi connectivity index (χ0v) is 18.8. The van der Waals surface area contributed by atoms with Crippen LogP contribution in [0.3, 0.4) is 0 Å². The van der Waals surface area contributed by atoms with Crippen LogP contribution >= 0.6 is 11.3 Å². The quantitative estimate of drug-likeness (QED) is 0.443. The first-order chi connectivity index (χ1) is 16.0. The van der Waals surface area contributed by atoms with Gasteiger partial charge in [0.15, 0.2) is 11.9 Å². The lowest BCUT2D eigenvalue weighted by molar-refractivity contribution is -0.869. The van der Waals surface area contributed by atoms with E-state index in [1.807, 2.05) is 11.4 Å². The molecule has 2 amide bonds. The second kappa shape index (κ2) is 8.66. The Kier molecular flexibility index (Phi) is 5.69. The molecule has 6 rings (SSSR count). The normalized spacial score (nSPS) is 25.7. The minimum Gasteiger partial charge on any atom is -0.453 e. The maximum absolute atomic E-state index is 13.5. The van der Waals surface area contributed by atoms with E-state index in [0.717, 1.165) is 12.8 Å². The average molecular weight is 466 g/mol. The number of ether oxygens (including phenoxy) is 1. The van der Waals surface area contributed by atoms with Crippen molar-refractivity contribution in [3.63, 3.8) is 0 Å². The van der Waals surface area contributed by atoms with Gasteiger partial charge in [-0.1, -0.05) is 30.3 Å². The van der Waals surface area contributed by atoms with Crippen LogP contribution in [0.15, 0.2) is 65.5 Å². The Morgan fingerprint density at radius 3 is 2.55 bits per heavy atom. The van der Waals surface area contributed by atoms with E-state index < -0.39 is 17.7 Å². The molecular formula is C24H25N4O4S+. The fraction of sp³-hybridized carbons (Fsp3) is 0.333. The second-order valence-electron chi connectivity index (χ2n) is 8.68. The Bertz CT molecular complexity index is 1120. The molecule has 8 nitrogen and oxygen atoms in total. The van der Waals surface area contributed by atoms with Crippen LogP contribution in [0.4, 0.5) is 10.6 Å². The number of aliphatic hydroxyl groups is 1. The Hall–Kier alpha value is -3.14. The summed E-state index contributed by atoms with van der Waals surface area (Å²) in [5.74, 6) is -0.147. The van der Waals surface area contributed by atoms with Gasteiger partial charge in [0.25, 0.3) is 0 Å². The van der Waals surface area contributed by atoms with Crippen LogP contribution in [0.2, 0.25) is 0 Å². The number of urea groups is 1. The fourth-order valence-electron chi connectivity index (χ4n) is 4.92. The zero-order valence-electron chi connectivity index (χ0n) is 18.0. The number of aromatic nitrogens is 2. The third-order valence-electron chi connectivity index (χ3n) is 6.83. The van der Waals surface area contributed by atoms with E-state index in [1.165, 1.54) is 11.3 Å². The zero-order chi connectivity index (χ0) is 22.9. The van der Waals surface area contributed by atoms with E-state index in [4.69, 9.17) is 4.74 Å². The topological polar surface area (TPSA) is 101 Å². The smallest absolute Gasteiger partial charge is 0.422 e. The molecule has 0 spiro atoms. The van der Waals surface area contributed by atoms with Crippen molar-refractivity contribution in [3.8, 4) is 0 Å². The van der Waals surface area contributed by atoms with E-state index in [0.29, 0.717) is 36.6 Å². The molecule has 1 aromatic carbocycles. The summed E-state index contributed by atoms with van der Waals surface area (Å²) in [5.41, 5.74) is -0.965. The van der Waals surface area contributed by atoms with E-state index in [1.54, 1.807) is 54.0 Å². The first kappa shape index (κ1) is 21.7. The highest BCUT2D eigenvalue weighted by Crippen LogP contribution is 2.39. The van der Waals surface area contributed by atoms with Gasteiger partial charge in [-0.2, -0.15) is 16.4 Å². The molecule has 33 heavy (non-hydrogen) atoms. The number of piperidine rings is 3. The Labute approximate surface area is 195 Å². The second-order valence-corrected chi connectivity index (χ2v) is 9.46. The van der Waals surface area contributed by atoms with Gasteiger partial charge in [0.1, 0.15) is 6.54 Å². The third-order valence-corrected chi connectivity index (χ3v) is 7.52. The summed E-state index contributed by atoms with van der Waals surface area (Å²) in [7, 11) is 0. The van der Waals surface area contributed by atoms with Crippen molar-refractivity contribution >= 4 is 29.2 Å². The molecule has 2 atom stereocenters. The Morgan fingerprint density at radius 1 is 1.09 bits per heavy atom. The number of quaternary nitrogens is 1. The minimum absolute atomic E-state index is 0.167. The van der Waals surface area contributed by atoms with Crippen LogP contribution in [-0.2, 0) is 15.1 Å². The minimum atomic E-state index is -1.90. The molecule has 0 aliphatic carbocycles. The van der Waals surface area contributed by atoms with Crippen molar-refractivity contribution in [3.05, 3.63) is 76.6 Å². The number of anilines is 1. The molecule has 3 fully saturated rings. The van der Waals surface area contributed by atoms with Crippen LogP contribution < -0.4 is 5.32 Å². The molecule has 3 saturated heterocycles. The number of carbonyl (C=O) groups is 2. The highest BCUT2D eigenvalue weighted by atomic mass is 32.1. The summed E-state index contributed by atoms with van der Waals surface area (Å²) >= 11 is 1.41. The van der Waals surface area contributed by atoms with Crippen LogP contribution in [0.25, 0.3) is 0 Å². The van der Waals surface area contributed by atoms with E-state index in [9.17, 15) is 14.7 Å².